The number of ether oxygens (including phenoxy) is 1. The zero-order valence-corrected chi connectivity index (χ0v) is 12.3. The summed E-state index contributed by atoms with van der Waals surface area (Å²) in [5.41, 5.74) is 2.28. The van der Waals surface area contributed by atoms with E-state index in [2.05, 4.69) is 34.7 Å². The molecule has 3 heteroatoms. The minimum Gasteiger partial charge on any atom is -0.497 e. The monoisotopic (exact) mass is 297 g/mol. The van der Waals surface area contributed by atoms with Crippen molar-refractivity contribution in [2.75, 3.05) is 13.7 Å². The van der Waals surface area contributed by atoms with Crippen molar-refractivity contribution in [1.82, 2.24) is 5.32 Å². The molecule has 0 radical (unpaired) electrons. The van der Waals surface area contributed by atoms with Gasteiger partial charge in [0.15, 0.2) is 0 Å². The molecule has 2 nitrogen and oxygen atoms in total. The molecule has 1 unspecified atom stereocenters. The third-order valence-electron chi connectivity index (χ3n) is 2.61. The van der Waals surface area contributed by atoms with Gasteiger partial charge < -0.3 is 10.1 Å². The summed E-state index contributed by atoms with van der Waals surface area (Å²) in [6, 6.07) is 6.17. The normalized spacial score (nSPS) is 12.2. The van der Waals surface area contributed by atoms with Crippen molar-refractivity contribution in [3.63, 3.8) is 0 Å². The molecule has 0 aliphatic rings. The van der Waals surface area contributed by atoms with Gasteiger partial charge in [-0.3, -0.25) is 0 Å². The molecule has 1 aromatic rings. The van der Waals surface area contributed by atoms with E-state index in [0.717, 1.165) is 28.8 Å². The first-order valence-corrected chi connectivity index (χ1v) is 6.61. The first kappa shape index (κ1) is 14.3. The first-order chi connectivity index (χ1) is 8.10. The lowest BCUT2D eigenvalue weighted by atomic mass is 10.0. The maximum absolute atomic E-state index is 5.27. The Balaban J connectivity index is 3.03. The molecule has 94 valence electrons. The Bertz CT molecular complexity index is 390. The van der Waals surface area contributed by atoms with Gasteiger partial charge in [-0.2, -0.15) is 0 Å². The number of halogens is 1. The SMILES string of the molecule is C=C(C)C(NCCC)c1cc(OC)ccc1Br. The third kappa shape index (κ3) is 3.86. The Hall–Kier alpha value is -0.800. The van der Waals surface area contributed by atoms with Crippen molar-refractivity contribution in [2.45, 2.75) is 26.3 Å². The molecular formula is C14H20BrNO. The lowest BCUT2D eigenvalue weighted by molar-refractivity contribution is 0.413. The van der Waals surface area contributed by atoms with Crippen LogP contribution >= 0.6 is 15.9 Å². The summed E-state index contributed by atoms with van der Waals surface area (Å²) in [6.45, 7) is 9.23. The number of benzene rings is 1. The zero-order chi connectivity index (χ0) is 12.8. The average molecular weight is 298 g/mol. The van der Waals surface area contributed by atoms with Crippen molar-refractivity contribution >= 4 is 15.9 Å². The molecular weight excluding hydrogens is 278 g/mol. The standard InChI is InChI=1S/C14H20BrNO/c1-5-8-16-14(10(2)3)12-9-11(17-4)6-7-13(12)15/h6-7,9,14,16H,2,5,8H2,1,3-4H3. The van der Waals surface area contributed by atoms with E-state index in [1.807, 2.05) is 25.1 Å². The van der Waals surface area contributed by atoms with Crippen LogP contribution in [0, 0.1) is 0 Å². The van der Waals surface area contributed by atoms with Gasteiger partial charge in [0.05, 0.1) is 13.2 Å². The van der Waals surface area contributed by atoms with Crippen LogP contribution in [0.15, 0.2) is 34.8 Å². The van der Waals surface area contributed by atoms with E-state index in [-0.39, 0.29) is 6.04 Å². The van der Waals surface area contributed by atoms with Gasteiger partial charge in [-0.15, -0.1) is 0 Å². The maximum Gasteiger partial charge on any atom is 0.119 e. The Labute approximate surface area is 112 Å². The second kappa shape index (κ2) is 6.82. The lowest BCUT2D eigenvalue weighted by Crippen LogP contribution is -2.23. The largest absolute Gasteiger partial charge is 0.497 e. The number of hydrogen-bond donors (Lipinski definition) is 1. The zero-order valence-electron chi connectivity index (χ0n) is 10.7. The fraction of sp³-hybridized carbons (Fsp3) is 0.429. The van der Waals surface area contributed by atoms with E-state index in [0.29, 0.717) is 0 Å². The minimum absolute atomic E-state index is 0.166. The molecule has 0 bridgehead atoms. The third-order valence-corrected chi connectivity index (χ3v) is 3.33. The predicted molar refractivity (Wildman–Crippen MR) is 76.5 cm³/mol. The quantitative estimate of drug-likeness (QED) is 0.799. The molecule has 0 heterocycles. The smallest absolute Gasteiger partial charge is 0.119 e. The summed E-state index contributed by atoms with van der Waals surface area (Å²) < 4.78 is 6.34. The van der Waals surface area contributed by atoms with Crippen LogP contribution in [0.25, 0.3) is 0 Å². The van der Waals surface area contributed by atoms with E-state index >= 15 is 0 Å². The fourth-order valence-corrected chi connectivity index (χ4v) is 2.18. The van der Waals surface area contributed by atoms with Crippen molar-refractivity contribution in [3.05, 3.63) is 40.4 Å². The lowest BCUT2D eigenvalue weighted by Gasteiger charge is -2.21. The molecule has 1 rings (SSSR count). The molecule has 0 fully saturated rings. The molecule has 17 heavy (non-hydrogen) atoms. The summed E-state index contributed by atoms with van der Waals surface area (Å²) >= 11 is 3.58. The molecule has 1 aromatic carbocycles. The van der Waals surface area contributed by atoms with E-state index in [1.54, 1.807) is 7.11 Å². The molecule has 0 aromatic heterocycles. The summed E-state index contributed by atoms with van der Waals surface area (Å²) in [7, 11) is 1.68. The van der Waals surface area contributed by atoms with Gasteiger partial charge in [0.2, 0.25) is 0 Å². The van der Waals surface area contributed by atoms with Gasteiger partial charge >= 0.3 is 0 Å². The number of nitrogens with one attached hydrogen (secondary N) is 1. The molecule has 0 saturated heterocycles. The van der Waals surface area contributed by atoms with Crippen LogP contribution in [0.2, 0.25) is 0 Å². The Morgan fingerprint density at radius 2 is 2.24 bits per heavy atom. The van der Waals surface area contributed by atoms with Crippen molar-refractivity contribution in [1.29, 1.82) is 0 Å². The second-order valence-corrected chi connectivity index (χ2v) is 4.98. The number of rotatable bonds is 6. The van der Waals surface area contributed by atoms with Gasteiger partial charge in [-0.05, 0) is 43.7 Å². The van der Waals surface area contributed by atoms with Crippen LogP contribution in [0.3, 0.4) is 0 Å². The minimum atomic E-state index is 0.166. The van der Waals surface area contributed by atoms with Crippen LogP contribution in [-0.2, 0) is 0 Å². The molecule has 1 atom stereocenters. The topological polar surface area (TPSA) is 21.3 Å². The van der Waals surface area contributed by atoms with Crippen LogP contribution in [0.4, 0.5) is 0 Å². The van der Waals surface area contributed by atoms with Gasteiger partial charge in [-0.1, -0.05) is 35.0 Å². The van der Waals surface area contributed by atoms with Crippen LogP contribution in [0.5, 0.6) is 5.75 Å². The van der Waals surface area contributed by atoms with Crippen LogP contribution in [-0.4, -0.2) is 13.7 Å². The highest BCUT2D eigenvalue weighted by atomic mass is 79.9. The van der Waals surface area contributed by atoms with Crippen LogP contribution < -0.4 is 10.1 Å². The Morgan fingerprint density at radius 1 is 1.53 bits per heavy atom. The summed E-state index contributed by atoms with van der Waals surface area (Å²) in [5, 5.41) is 3.49. The van der Waals surface area contributed by atoms with Gasteiger partial charge in [0, 0.05) is 4.47 Å². The van der Waals surface area contributed by atoms with Crippen molar-refractivity contribution < 1.29 is 4.74 Å². The first-order valence-electron chi connectivity index (χ1n) is 5.82. The number of hydrogen-bond acceptors (Lipinski definition) is 2. The summed E-state index contributed by atoms with van der Waals surface area (Å²) in [4.78, 5) is 0. The summed E-state index contributed by atoms with van der Waals surface area (Å²) in [6.07, 6.45) is 1.10. The summed E-state index contributed by atoms with van der Waals surface area (Å²) in [5.74, 6) is 0.868. The average Bonchev–Trinajstić information content (AvgIpc) is 2.31. The highest BCUT2D eigenvalue weighted by Gasteiger charge is 2.15. The van der Waals surface area contributed by atoms with E-state index in [9.17, 15) is 0 Å². The maximum atomic E-state index is 5.27. The molecule has 0 saturated carbocycles. The molecule has 1 N–H and O–H groups in total. The van der Waals surface area contributed by atoms with E-state index < -0.39 is 0 Å². The molecule has 0 aliphatic carbocycles. The van der Waals surface area contributed by atoms with Gasteiger partial charge in [-0.25, -0.2) is 0 Å². The Morgan fingerprint density at radius 3 is 2.76 bits per heavy atom. The molecule has 0 spiro atoms. The Kier molecular flexibility index (Phi) is 5.72. The molecule has 0 aliphatic heterocycles. The van der Waals surface area contributed by atoms with Crippen molar-refractivity contribution in [3.8, 4) is 5.75 Å². The fourth-order valence-electron chi connectivity index (χ4n) is 1.71. The highest BCUT2D eigenvalue weighted by molar-refractivity contribution is 9.10. The van der Waals surface area contributed by atoms with E-state index in [1.165, 1.54) is 5.56 Å². The van der Waals surface area contributed by atoms with Gasteiger partial charge in [0.1, 0.15) is 5.75 Å². The number of methoxy groups -OCH3 is 1. The van der Waals surface area contributed by atoms with Crippen molar-refractivity contribution in [2.24, 2.45) is 0 Å². The van der Waals surface area contributed by atoms with Crippen LogP contribution in [0.1, 0.15) is 31.9 Å². The van der Waals surface area contributed by atoms with E-state index in [4.69, 9.17) is 4.74 Å². The molecule has 0 amide bonds. The highest BCUT2D eigenvalue weighted by Crippen LogP contribution is 2.31. The second-order valence-electron chi connectivity index (χ2n) is 4.12. The van der Waals surface area contributed by atoms with Gasteiger partial charge in [0.25, 0.3) is 0 Å². The predicted octanol–water partition coefficient (Wildman–Crippen LogP) is 4.07.